The van der Waals surface area contributed by atoms with Crippen LogP contribution in [0.4, 0.5) is 13.2 Å². The van der Waals surface area contributed by atoms with Gasteiger partial charge in [-0.3, -0.25) is 39.6 Å². The van der Waals surface area contributed by atoms with E-state index in [0.717, 1.165) is 6.92 Å². The van der Waals surface area contributed by atoms with Crippen LogP contribution < -0.4 is 32.1 Å². The predicted octanol–water partition coefficient (Wildman–Crippen LogP) is -0.0366. The van der Waals surface area contributed by atoms with Crippen LogP contribution in [0.2, 0.25) is 0 Å². The van der Waals surface area contributed by atoms with Gasteiger partial charge in [0.1, 0.15) is 11.9 Å². The van der Waals surface area contributed by atoms with Gasteiger partial charge in [0.2, 0.25) is 11.8 Å². The van der Waals surface area contributed by atoms with Crippen LogP contribution in [-0.4, -0.2) is 58.8 Å². The Hall–Kier alpha value is -5.17. The second-order valence-electron chi connectivity index (χ2n) is 8.02. The molecule has 2 aromatic rings. The van der Waals surface area contributed by atoms with Gasteiger partial charge in [-0.15, -0.1) is 11.6 Å². The summed E-state index contributed by atoms with van der Waals surface area (Å²) in [7, 11) is 0. The number of carbonyl (C=O) groups is 6. The molecule has 6 N–H and O–H groups in total. The maximum absolute atomic E-state index is 13.6. The van der Waals surface area contributed by atoms with E-state index in [1.165, 1.54) is 66.0 Å². The number of nitriles is 1. The van der Waals surface area contributed by atoms with Crippen molar-refractivity contribution in [3.63, 3.8) is 0 Å². The number of amides is 6. The van der Waals surface area contributed by atoms with Gasteiger partial charge in [-0.1, -0.05) is 36.4 Å². The number of hydrazine groups is 1. The monoisotopic (exact) mass is 595 g/mol. The Morgan fingerprint density at radius 1 is 0.756 bits per heavy atom. The first-order valence-electron chi connectivity index (χ1n) is 11.2. The van der Waals surface area contributed by atoms with Crippen molar-refractivity contribution >= 4 is 47.0 Å². The third-order valence-corrected chi connectivity index (χ3v) is 5.35. The average Bonchev–Trinajstić information content (AvgIpc) is 2.94. The number of hydrogen-bond donors (Lipinski definition) is 6. The van der Waals surface area contributed by atoms with Gasteiger partial charge >= 0.3 is 12.1 Å². The number of alkyl halides is 4. The Morgan fingerprint density at radius 3 is 1.71 bits per heavy atom. The quantitative estimate of drug-likeness (QED) is 0.133. The fraction of sp³-hybridized carbons (Fsp3) is 0.208. The molecule has 0 aliphatic heterocycles. The van der Waals surface area contributed by atoms with Gasteiger partial charge in [0, 0.05) is 18.1 Å². The summed E-state index contributed by atoms with van der Waals surface area (Å²) in [6.45, 7) is 0.740. The third-order valence-electron chi connectivity index (χ3n) is 5.10. The molecule has 2 aromatic carbocycles. The first-order valence-corrected chi connectivity index (χ1v) is 11.7. The van der Waals surface area contributed by atoms with E-state index in [1.54, 1.807) is 22.1 Å². The minimum absolute atomic E-state index is 0.0166. The first-order chi connectivity index (χ1) is 19.2. The van der Waals surface area contributed by atoms with Crippen LogP contribution in [0.3, 0.4) is 0 Å². The molecule has 0 heterocycles. The summed E-state index contributed by atoms with van der Waals surface area (Å²) in [6.07, 6.45) is -5.70. The molecule has 0 bridgehead atoms. The summed E-state index contributed by atoms with van der Waals surface area (Å²) in [5.74, 6) is -10.5. The lowest BCUT2D eigenvalue weighted by Gasteiger charge is -2.45. The lowest BCUT2D eigenvalue weighted by molar-refractivity contribution is -0.177. The average molecular weight is 596 g/mol. The largest absolute Gasteiger partial charge is 0.471 e. The van der Waals surface area contributed by atoms with E-state index < -0.39 is 58.8 Å². The maximum Gasteiger partial charge on any atom is 0.471 e. The number of hydrogen-bond acceptors (Lipinski definition) is 7. The molecule has 17 heteroatoms. The molecule has 2 unspecified atom stereocenters. The number of halogens is 4. The van der Waals surface area contributed by atoms with E-state index in [1.807, 2.05) is 10.7 Å². The molecule has 0 radical (unpaired) electrons. The zero-order valence-corrected chi connectivity index (χ0v) is 21.6. The Morgan fingerprint density at radius 2 is 1.27 bits per heavy atom. The lowest BCUT2D eigenvalue weighted by Crippen LogP contribution is -2.87. The Labute approximate surface area is 234 Å². The summed E-state index contributed by atoms with van der Waals surface area (Å²) in [5.41, 5.74) is -3.68. The van der Waals surface area contributed by atoms with Gasteiger partial charge in [0.15, 0.2) is 0 Å². The van der Waals surface area contributed by atoms with Gasteiger partial charge in [-0.2, -0.15) is 18.4 Å². The van der Waals surface area contributed by atoms with Crippen LogP contribution in [0.1, 0.15) is 27.6 Å². The number of rotatable bonds is 9. The third kappa shape index (κ3) is 7.70. The number of nitrogens with zero attached hydrogens (tertiary/aromatic N) is 1. The lowest BCUT2D eigenvalue weighted by atomic mass is 9.90. The van der Waals surface area contributed by atoms with Crippen molar-refractivity contribution in [2.75, 3.05) is 5.88 Å². The predicted molar refractivity (Wildman–Crippen MR) is 134 cm³/mol. The number of carbonyl (C=O) groups excluding carboxylic acids is 6. The summed E-state index contributed by atoms with van der Waals surface area (Å²) < 4.78 is 40.2. The summed E-state index contributed by atoms with van der Waals surface area (Å²) in [5, 5.41) is 16.8. The molecule has 41 heavy (non-hydrogen) atoms. The minimum Gasteiger partial charge on any atom is -0.321 e. The highest BCUT2D eigenvalue weighted by atomic mass is 35.5. The normalized spacial score (nSPS) is 13.6. The highest BCUT2D eigenvalue weighted by molar-refractivity contribution is 6.27. The van der Waals surface area contributed by atoms with E-state index in [-0.39, 0.29) is 11.1 Å². The second-order valence-corrected chi connectivity index (χ2v) is 8.29. The fourth-order valence-corrected chi connectivity index (χ4v) is 3.38. The zero-order valence-electron chi connectivity index (χ0n) is 20.9. The molecule has 0 aliphatic rings. The molecule has 0 fully saturated rings. The van der Waals surface area contributed by atoms with E-state index >= 15 is 0 Å². The molecule has 0 spiro atoms. The van der Waals surface area contributed by atoms with Crippen LogP contribution in [0.5, 0.6) is 0 Å². The molecule has 13 nitrogen and oxygen atoms in total. The van der Waals surface area contributed by atoms with Crippen molar-refractivity contribution in [3.8, 4) is 6.07 Å². The molecule has 6 amide bonds. The molecule has 0 aromatic heterocycles. The van der Waals surface area contributed by atoms with Gasteiger partial charge < -0.3 is 21.3 Å². The Balaban J connectivity index is 2.76. The van der Waals surface area contributed by atoms with Crippen LogP contribution >= 0.6 is 11.6 Å². The first kappa shape index (κ1) is 32.0. The fourth-order valence-electron chi connectivity index (χ4n) is 3.31. The Kier molecular flexibility index (Phi) is 10.4. The molecule has 0 saturated heterocycles. The van der Waals surface area contributed by atoms with E-state index in [9.17, 15) is 47.2 Å². The van der Waals surface area contributed by atoms with Crippen molar-refractivity contribution in [1.82, 2.24) is 32.1 Å². The van der Waals surface area contributed by atoms with Crippen LogP contribution in [0.15, 0.2) is 60.7 Å². The van der Waals surface area contributed by atoms with Crippen molar-refractivity contribution < 1.29 is 41.9 Å². The maximum atomic E-state index is 13.6. The van der Waals surface area contributed by atoms with Crippen molar-refractivity contribution in [1.29, 1.82) is 5.26 Å². The molecule has 2 rings (SSSR count). The number of benzene rings is 2. The summed E-state index contributed by atoms with van der Waals surface area (Å²) in [6, 6.07) is 14.8. The molecular weight excluding hydrogens is 575 g/mol. The highest BCUT2D eigenvalue weighted by Crippen LogP contribution is 2.24. The van der Waals surface area contributed by atoms with Crippen LogP contribution in [-0.2, 0) is 19.2 Å². The van der Waals surface area contributed by atoms with Gasteiger partial charge in [-0.25, -0.2) is 0 Å². The van der Waals surface area contributed by atoms with E-state index in [0.29, 0.717) is 0 Å². The van der Waals surface area contributed by atoms with Crippen LogP contribution in [0, 0.1) is 11.3 Å². The summed E-state index contributed by atoms with van der Waals surface area (Å²) in [4.78, 5) is 76.0. The highest BCUT2D eigenvalue weighted by Gasteiger charge is 2.63. The van der Waals surface area contributed by atoms with Gasteiger partial charge in [0.05, 0.1) is 0 Å². The summed E-state index contributed by atoms with van der Waals surface area (Å²) >= 11 is 5.52. The molecule has 216 valence electrons. The molecule has 0 saturated carbocycles. The minimum atomic E-state index is -5.70. The van der Waals surface area contributed by atoms with E-state index in [2.05, 4.69) is 0 Å². The number of nitrogens with one attached hydrogen (secondary N) is 6. The van der Waals surface area contributed by atoms with Crippen molar-refractivity contribution in [2.45, 2.75) is 24.4 Å². The smallest absolute Gasteiger partial charge is 0.321 e. The molecule has 2 atom stereocenters. The van der Waals surface area contributed by atoms with E-state index in [4.69, 9.17) is 11.6 Å². The van der Waals surface area contributed by atoms with Crippen molar-refractivity contribution in [2.24, 2.45) is 0 Å². The van der Waals surface area contributed by atoms with Crippen LogP contribution in [0.25, 0.3) is 0 Å². The van der Waals surface area contributed by atoms with Gasteiger partial charge in [-0.05, 0) is 24.3 Å². The zero-order chi connectivity index (χ0) is 30.8. The SMILES string of the molecule is CC(=O)NC(NC(=O)CCl)(C(=O)NNC(=O)c1ccccc1)C(C#N)(NC(=O)c1ccccc1)NC(=O)C(F)(F)F. The van der Waals surface area contributed by atoms with Gasteiger partial charge in [0.25, 0.3) is 29.0 Å². The standard InChI is InChI=1S/C24H21ClF3N7O6/c1-14(36)30-23(31-17(37)12-25,20(40)35-34-19(39)16-10-6-3-7-11-16)22(13-29,33-21(41)24(26,27)28)32-18(38)15-8-4-2-5-9-15/h2-11H,12H2,1H3,(H,30,36)(H,31,37)(H,32,38)(H,33,41)(H,34,39)(H,35,40). The van der Waals surface area contributed by atoms with Crippen molar-refractivity contribution in [3.05, 3.63) is 71.8 Å². The molecule has 0 aliphatic carbocycles. The molecular formula is C24H21ClF3N7O6. The Bertz CT molecular complexity index is 1370. The second kappa shape index (κ2) is 13.3. The topological polar surface area (TPSA) is 198 Å².